The first-order valence-corrected chi connectivity index (χ1v) is 26.2. The van der Waals surface area contributed by atoms with E-state index < -0.39 is 118 Å². The number of carbonyl (C=O) groups excluding carboxylic acids is 3. The molecule has 0 spiro atoms. The van der Waals surface area contributed by atoms with Gasteiger partial charge in [0, 0.05) is 92.1 Å². The molecule has 78 heavy (non-hydrogen) atoms. The lowest BCUT2D eigenvalue weighted by Gasteiger charge is -2.47. The summed E-state index contributed by atoms with van der Waals surface area (Å²) < 4.78 is 42.2. The maximum atomic E-state index is 13.2. The van der Waals surface area contributed by atoms with E-state index in [-0.39, 0.29) is 49.6 Å². The van der Waals surface area contributed by atoms with Gasteiger partial charge in [-0.05, 0) is 48.7 Å². The Hall–Kier alpha value is -5.26. The zero-order valence-electron chi connectivity index (χ0n) is 44.1. The molecule has 4 heterocycles. The summed E-state index contributed by atoms with van der Waals surface area (Å²) in [6, 6.07) is 15.8. The van der Waals surface area contributed by atoms with E-state index in [0.29, 0.717) is 46.3 Å². The third-order valence-corrected chi connectivity index (χ3v) is 14.2. The minimum Gasteiger partial charge on any atom is -0.545 e. The maximum Gasteiger partial charge on any atom is 0.251 e. The molecule has 0 bridgehead atoms. The van der Waals surface area contributed by atoms with Crippen LogP contribution in [0.25, 0.3) is 33.4 Å². The van der Waals surface area contributed by atoms with Crippen LogP contribution < -0.4 is 30.6 Å². The summed E-state index contributed by atoms with van der Waals surface area (Å²) in [6.07, 6.45) is -16.9. The number of amides is 2. The van der Waals surface area contributed by atoms with E-state index in [1.165, 1.54) is 6.07 Å². The van der Waals surface area contributed by atoms with Crippen LogP contribution in [0.2, 0.25) is 0 Å². The van der Waals surface area contributed by atoms with E-state index >= 15 is 0 Å². The number of fused-ring (bicyclic) bond motifs is 2. The molecular formula is C54H74N4O20. The lowest BCUT2D eigenvalue weighted by Crippen LogP contribution is -2.66. The van der Waals surface area contributed by atoms with Crippen molar-refractivity contribution in [1.29, 1.82) is 0 Å². The molecule has 2 aromatic rings. The number of anilines is 1. The molecule has 0 aromatic heterocycles. The molecule has 24 nitrogen and oxygen atoms in total. The SMILES string of the molecule is CN(C)c1ccc2c(-c3ccc(C(=O)NCCNC(=O)CCCCCCCCO[C@@H]4O[C@H](CO)[C@@H](O[C@@H]5O[C@H](CO)[C@H](O[C@H]6O[C@H](CO)C[C@H](O)[C@H]6O)[C@H](O)[C@H]5O)[C@H](O)[C@H]4O)cc3C(=O)[O-])c3ccc(=[N+](C)C)cc-3oc2c1. The molecule has 2 amide bonds. The number of rotatable bonds is 24. The number of aliphatic hydroxyl groups is 9. The highest BCUT2D eigenvalue weighted by atomic mass is 16.8. The van der Waals surface area contributed by atoms with Crippen molar-refractivity contribution in [2.45, 2.75) is 137 Å². The average molecular weight is 1100 g/mol. The standard InChI is InChI=1S/C54H74N4O20/c1-57(2)29-13-16-33-37(22-29)74-38-23-30(58(3)4)14-17-34(38)42(33)32-15-12-28(21-35(32)51(70)71)50(69)56-19-18-55-41(63)11-9-7-5-6-8-10-20-72-52-46(67)44(65)48(39(26-60)75-52)78-54-47(68)45(66)49(40(27-61)76-54)77-53-43(64)36(62)24-31(25-59)73-53/h12-17,21-23,31,36,39-40,43-49,52-54,59-62,64-68H,5-11,18-20,24-27H2,1-4H3,(H2-,55,56,63,69,70,71)/t31-,36-,39+,40+,43+,44+,45+,46+,47+,48+,49-,52+,53+,54-/m0/s1. The monoisotopic (exact) mass is 1100 g/mol. The van der Waals surface area contributed by atoms with Crippen molar-refractivity contribution in [3.63, 3.8) is 0 Å². The number of carboxylic acids is 1. The van der Waals surface area contributed by atoms with Gasteiger partial charge in [-0.1, -0.05) is 31.7 Å². The fraction of sp³-hybridized carbons (Fsp3) is 0.593. The van der Waals surface area contributed by atoms with Gasteiger partial charge in [0.25, 0.3) is 5.91 Å². The Morgan fingerprint density at radius 2 is 1.31 bits per heavy atom. The molecule has 4 aliphatic heterocycles. The second-order valence-corrected chi connectivity index (χ2v) is 20.2. The van der Waals surface area contributed by atoms with Crippen LogP contribution in [0, 0.1) is 0 Å². The van der Waals surface area contributed by atoms with Gasteiger partial charge >= 0.3 is 0 Å². The van der Waals surface area contributed by atoms with Crippen LogP contribution in [0.4, 0.5) is 5.69 Å². The first-order chi connectivity index (χ1) is 37.3. The molecule has 3 fully saturated rings. The normalized spacial score (nSPS) is 28.4. The Bertz CT molecular complexity index is 2680. The number of aromatic carboxylic acids is 1. The van der Waals surface area contributed by atoms with E-state index in [2.05, 4.69) is 10.6 Å². The predicted octanol–water partition coefficient (Wildman–Crippen LogP) is -2.26. The van der Waals surface area contributed by atoms with Gasteiger partial charge in [0.2, 0.25) is 11.3 Å². The van der Waals surface area contributed by atoms with Crippen molar-refractivity contribution >= 4 is 34.4 Å². The number of ether oxygens (including phenoxy) is 6. The minimum absolute atomic E-state index is 0.0933. The molecule has 11 N–H and O–H groups in total. The van der Waals surface area contributed by atoms with Crippen molar-refractivity contribution in [2.75, 3.05) is 72.6 Å². The van der Waals surface area contributed by atoms with Crippen LogP contribution in [0.3, 0.4) is 0 Å². The minimum atomic E-state index is -1.90. The average Bonchev–Trinajstić information content (AvgIpc) is 3.48. The van der Waals surface area contributed by atoms with Gasteiger partial charge in [-0.25, -0.2) is 4.58 Å². The molecule has 14 atom stereocenters. The number of nitrogens with zero attached hydrogens (tertiary/aromatic N) is 2. The molecule has 3 saturated heterocycles. The molecule has 0 radical (unpaired) electrons. The second-order valence-electron chi connectivity index (χ2n) is 20.2. The summed E-state index contributed by atoms with van der Waals surface area (Å²) in [5.74, 6) is -1.61. The molecule has 24 heteroatoms. The van der Waals surface area contributed by atoms with Gasteiger partial charge in [0.1, 0.15) is 80.4 Å². The molecule has 7 rings (SSSR count). The van der Waals surface area contributed by atoms with Crippen LogP contribution in [-0.4, -0.2) is 217 Å². The summed E-state index contributed by atoms with van der Waals surface area (Å²) in [7, 11) is 7.65. The highest BCUT2D eigenvalue weighted by molar-refractivity contribution is 6.09. The Labute approximate surface area is 450 Å². The van der Waals surface area contributed by atoms with E-state index in [1.807, 2.05) is 74.1 Å². The van der Waals surface area contributed by atoms with E-state index in [0.717, 1.165) is 36.7 Å². The van der Waals surface area contributed by atoms with Crippen molar-refractivity contribution < 1.29 is 98.3 Å². The topological polar surface area (TPSA) is 355 Å². The number of nitrogens with one attached hydrogen (secondary N) is 2. The van der Waals surface area contributed by atoms with E-state index in [9.17, 15) is 65.4 Å². The fourth-order valence-corrected chi connectivity index (χ4v) is 9.80. The zero-order valence-corrected chi connectivity index (χ0v) is 44.1. The first-order valence-electron chi connectivity index (χ1n) is 26.2. The smallest absolute Gasteiger partial charge is 0.251 e. The van der Waals surface area contributed by atoms with E-state index in [4.69, 9.17) is 32.8 Å². The summed E-state index contributed by atoms with van der Waals surface area (Å²) in [5.41, 5.74) is 3.05. The summed E-state index contributed by atoms with van der Waals surface area (Å²) in [6.45, 7) is -1.64. The highest BCUT2D eigenvalue weighted by Gasteiger charge is 2.53. The van der Waals surface area contributed by atoms with Crippen molar-refractivity contribution in [1.82, 2.24) is 15.2 Å². The zero-order chi connectivity index (χ0) is 56.4. The molecule has 0 unspecified atom stereocenters. The third-order valence-electron chi connectivity index (χ3n) is 14.2. The van der Waals surface area contributed by atoms with Crippen LogP contribution in [0.5, 0.6) is 0 Å². The number of benzene rings is 3. The summed E-state index contributed by atoms with van der Waals surface area (Å²) in [5, 5.41) is 114. The lowest BCUT2D eigenvalue weighted by atomic mass is 9.89. The van der Waals surface area contributed by atoms with Gasteiger partial charge in [-0.2, -0.15) is 0 Å². The number of unbranched alkanes of at least 4 members (excludes halogenated alkanes) is 5. The maximum absolute atomic E-state index is 13.2. The molecule has 430 valence electrons. The Morgan fingerprint density at radius 3 is 1.95 bits per heavy atom. The summed E-state index contributed by atoms with van der Waals surface area (Å²) in [4.78, 5) is 40.4. The quantitative estimate of drug-likeness (QED) is 0.0200. The largest absolute Gasteiger partial charge is 0.545 e. The van der Waals surface area contributed by atoms with Crippen LogP contribution in [0.1, 0.15) is 72.1 Å². The molecule has 0 saturated carbocycles. The number of hydrogen-bond acceptors (Lipinski definition) is 21. The second kappa shape index (κ2) is 27.8. The Morgan fingerprint density at radius 1 is 0.692 bits per heavy atom. The van der Waals surface area contributed by atoms with Gasteiger partial charge in [-0.3, -0.25) is 9.59 Å². The molecule has 2 aromatic carbocycles. The Kier molecular flexibility index (Phi) is 21.5. The lowest BCUT2D eigenvalue weighted by molar-refractivity contribution is -0.375. The third kappa shape index (κ3) is 14.4. The number of hydrogen-bond donors (Lipinski definition) is 11. The first kappa shape index (κ1) is 60.4. The summed E-state index contributed by atoms with van der Waals surface area (Å²) >= 11 is 0. The number of aliphatic hydroxyl groups excluding tert-OH is 9. The van der Waals surface area contributed by atoms with Crippen LogP contribution in [0.15, 0.2) is 59.0 Å². The predicted molar refractivity (Wildman–Crippen MR) is 275 cm³/mol. The number of carboxylic acid groups (broad SMARTS) is 1. The molecule has 5 aliphatic rings. The fourth-order valence-electron chi connectivity index (χ4n) is 9.80. The van der Waals surface area contributed by atoms with Gasteiger partial charge in [-0.15, -0.1) is 0 Å². The van der Waals surface area contributed by atoms with Crippen molar-refractivity contribution in [3.8, 4) is 22.5 Å². The Balaban J connectivity index is 0.794. The molecule has 1 aliphatic carbocycles. The van der Waals surface area contributed by atoms with Crippen LogP contribution in [-0.2, 0) is 33.2 Å². The van der Waals surface area contributed by atoms with E-state index in [1.54, 1.807) is 12.1 Å². The van der Waals surface area contributed by atoms with Gasteiger partial charge < -0.3 is 104 Å². The van der Waals surface area contributed by atoms with Gasteiger partial charge in [0.15, 0.2) is 18.9 Å². The van der Waals surface area contributed by atoms with Gasteiger partial charge in [0.05, 0.1) is 44.1 Å². The molecular weight excluding hydrogens is 1020 g/mol. The van der Waals surface area contributed by atoms with Crippen molar-refractivity contribution in [3.05, 3.63) is 71.1 Å². The number of carbonyl (C=O) groups is 3. The van der Waals surface area contributed by atoms with Crippen LogP contribution >= 0.6 is 0 Å². The highest BCUT2D eigenvalue weighted by Crippen LogP contribution is 2.42. The van der Waals surface area contributed by atoms with Crippen molar-refractivity contribution in [2.24, 2.45) is 0 Å².